The second-order valence-electron chi connectivity index (χ2n) is 3.82. The molecule has 0 atom stereocenters. The molecule has 96 valence electrons. The van der Waals surface area contributed by atoms with Gasteiger partial charge in [-0.15, -0.1) is 0 Å². The normalized spacial score (nSPS) is 11.7. The van der Waals surface area contributed by atoms with Gasteiger partial charge in [-0.2, -0.15) is 0 Å². The Morgan fingerprint density at radius 2 is 2.17 bits per heavy atom. The predicted octanol–water partition coefficient (Wildman–Crippen LogP) is 2.31. The van der Waals surface area contributed by atoms with E-state index in [2.05, 4.69) is 4.98 Å². The molecule has 0 spiro atoms. The van der Waals surface area contributed by atoms with Crippen LogP contribution in [-0.4, -0.2) is 18.0 Å². The number of imidazole rings is 1. The van der Waals surface area contributed by atoms with Gasteiger partial charge in [0.05, 0.1) is 0 Å². The number of halogens is 2. The third-order valence-electron chi connectivity index (χ3n) is 2.45. The van der Waals surface area contributed by atoms with Crippen molar-refractivity contribution in [2.45, 2.75) is 18.5 Å². The molecule has 1 heterocycles. The van der Waals surface area contributed by atoms with E-state index in [-0.39, 0.29) is 10.8 Å². The zero-order valence-corrected chi connectivity index (χ0v) is 11.0. The van der Waals surface area contributed by atoms with Gasteiger partial charge in [-0.25, -0.2) is 17.8 Å². The number of hydrogen-bond acceptors (Lipinski definition) is 3. The lowest BCUT2D eigenvalue weighted by molar-refractivity contribution is 0.606. The molecule has 0 bridgehead atoms. The average molecular weight is 289 g/mol. The molecule has 0 saturated heterocycles. The fraction of sp³-hybridized carbons (Fsp3) is 0.182. The van der Waals surface area contributed by atoms with Gasteiger partial charge in [0.2, 0.25) is 0 Å². The fourth-order valence-corrected chi connectivity index (χ4v) is 2.31. The minimum absolute atomic E-state index is 0.196. The van der Waals surface area contributed by atoms with Crippen molar-refractivity contribution in [2.75, 3.05) is 0 Å². The third kappa shape index (κ3) is 2.88. The largest absolute Gasteiger partial charge is 0.329 e. The Morgan fingerprint density at radius 1 is 1.44 bits per heavy atom. The third-order valence-corrected chi connectivity index (χ3v) is 3.62. The van der Waals surface area contributed by atoms with Crippen LogP contribution >= 0.6 is 10.7 Å². The monoisotopic (exact) mass is 288 g/mol. The number of aromatic nitrogens is 2. The van der Waals surface area contributed by atoms with Crippen LogP contribution in [0.3, 0.4) is 0 Å². The molecule has 1 aromatic heterocycles. The summed E-state index contributed by atoms with van der Waals surface area (Å²) in [4.78, 5) is 3.85. The predicted molar refractivity (Wildman–Crippen MR) is 65.5 cm³/mol. The fourth-order valence-electron chi connectivity index (χ4n) is 1.59. The molecular weight excluding hydrogens is 279 g/mol. The second kappa shape index (κ2) is 4.70. The standard InChI is InChI=1S/C11H10ClFN2O2S/c1-8-14-11(18(12,16)17)7-15(8)6-9-3-2-4-10(13)5-9/h2-5,7H,6H2,1H3. The van der Waals surface area contributed by atoms with Gasteiger partial charge in [-0.3, -0.25) is 0 Å². The maximum Gasteiger partial charge on any atom is 0.280 e. The molecule has 0 N–H and O–H groups in total. The molecular formula is C11H10ClFN2O2S. The van der Waals surface area contributed by atoms with Gasteiger partial charge in [-0.05, 0) is 24.6 Å². The van der Waals surface area contributed by atoms with E-state index in [0.29, 0.717) is 17.9 Å². The first-order chi connectivity index (χ1) is 8.36. The lowest BCUT2D eigenvalue weighted by atomic mass is 10.2. The van der Waals surface area contributed by atoms with Crippen molar-refractivity contribution >= 4 is 19.7 Å². The molecule has 0 fully saturated rings. The molecule has 0 saturated carbocycles. The summed E-state index contributed by atoms with van der Waals surface area (Å²) in [5.41, 5.74) is 0.717. The van der Waals surface area contributed by atoms with Gasteiger partial charge in [0.1, 0.15) is 11.6 Å². The van der Waals surface area contributed by atoms with Crippen molar-refractivity contribution in [3.05, 3.63) is 47.7 Å². The molecule has 2 rings (SSSR count). The zero-order chi connectivity index (χ0) is 13.3. The first kappa shape index (κ1) is 13.0. The highest BCUT2D eigenvalue weighted by Gasteiger charge is 2.16. The zero-order valence-electron chi connectivity index (χ0n) is 9.47. The van der Waals surface area contributed by atoms with Crippen LogP contribution in [0.25, 0.3) is 0 Å². The van der Waals surface area contributed by atoms with Crippen molar-refractivity contribution < 1.29 is 12.8 Å². The van der Waals surface area contributed by atoms with E-state index in [1.54, 1.807) is 23.6 Å². The summed E-state index contributed by atoms with van der Waals surface area (Å²) >= 11 is 0. The Balaban J connectivity index is 2.33. The van der Waals surface area contributed by atoms with Crippen LogP contribution in [0.15, 0.2) is 35.5 Å². The number of hydrogen-bond donors (Lipinski definition) is 0. The van der Waals surface area contributed by atoms with Crippen LogP contribution in [0, 0.1) is 12.7 Å². The van der Waals surface area contributed by atoms with Gasteiger partial charge in [-0.1, -0.05) is 12.1 Å². The van der Waals surface area contributed by atoms with Gasteiger partial charge >= 0.3 is 0 Å². The van der Waals surface area contributed by atoms with Crippen LogP contribution < -0.4 is 0 Å². The Hall–Kier alpha value is -1.40. The van der Waals surface area contributed by atoms with Crippen molar-refractivity contribution in [3.63, 3.8) is 0 Å². The maximum absolute atomic E-state index is 13.0. The molecule has 0 aliphatic carbocycles. The lowest BCUT2D eigenvalue weighted by Crippen LogP contribution is -2.00. The summed E-state index contributed by atoms with van der Waals surface area (Å²) in [6.07, 6.45) is 1.34. The van der Waals surface area contributed by atoms with E-state index in [1.165, 1.54) is 18.3 Å². The maximum atomic E-state index is 13.0. The van der Waals surface area contributed by atoms with Crippen LogP contribution in [-0.2, 0) is 15.6 Å². The second-order valence-corrected chi connectivity index (χ2v) is 6.33. The molecule has 2 aromatic rings. The summed E-state index contributed by atoms with van der Waals surface area (Å²) in [6, 6.07) is 6.07. The van der Waals surface area contributed by atoms with E-state index < -0.39 is 9.05 Å². The van der Waals surface area contributed by atoms with E-state index in [9.17, 15) is 12.8 Å². The highest BCUT2D eigenvalue weighted by molar-refractivity contribution is 8.13. The molecule has 4 nitrogen and oxygen atoms in total. The molecule has 0 aliphatic rings. The molecule has 0 amide bonds. The van der Waals surface area contributed by atoms with E-state index in [4.69, 9.17) is 10.7 Å². The SMILES string of the molecule is Cc1nc(S(=O)(=O)Cl)cn1Cc1cccc(F)c1. The molecule has 7 heteroatoms. The summed E-state index contributed by atoms with van der Waals surface area (Å²) in [5, 5.41) is -0.196. The lowest BCUT2D eigenvalue weighted by Gasteiger charge is -2.04. The van der Waals surface area contributed by atoms with Crippen molar-refractivity contribution in [1.29, 1.82) is 0 Å². The van der Waals surface area contributed by atoms with Crippen molar-refractivity contribution in [2.24, 2.45) is 0 Å². The quantitative estimate of drug-likeness (QED) is 0.815. The highest BCUT2D eigenvalue weighted by Crippen LogP contribution is 2.15. The Labute approximate surface area is 108 Å². The number of aryl methyl sites for hydroxylation is 1. The molecule has 0 aliphatic heterocycles. The molecule has 0 radical (unpaired) electrons. The van der Waals surface area contributed by atoms with Gasteiger partial charge in [0.25, 0.3) is 9.05 Å². The van der Waals surface area contributed by atoms with Crippen molar-refractivity contribution in [3.8, 4) is 0 Å². The smallest absolute Gasteiger partial charge is 0.280 e. The van der Waals surface area contributed by atoms with Crippen molar-refractivity contribution in [1.82, 2.24) is 9.55 Å². The summed E-state index contributed by atoms with van der Waals surface area (Å²) in [5.74, 6) is 0.161. The summed E-state index contributed by atoms with van der Waals surface area (Å²) < 4.78 is 36.9. The van der Waals surface area contributed by atoms with E-state index in [1.807, 2.05) is 0 Å². The Bertz CT molecular complexity index is 682. The number of nitrogens with zero attached hydrogens (tertiary/aromatic N) is 2. The molecule has 18 heavy (non-hydrogen) atoms. The first-order valence-corrected chi connectivity index (χ1v) is 7.40. The highest BCUT2D eigenvalue weighted by atomic mass is 35.7. The minimum atomic E-state index is -3.84. The van der Waals surface area contributed by atoms with Crippen LogP contribution in [0.4, 0.5) is 4.39 Å². The van der Waals surface area contributed by atoms with E-state index in [0.717, 1.165) is 0 Å². The first-order valence-electron chi connectivity index (χ1n) is 5.09. The Morgan fingerprint density at radius 3 is 2.72 bits per heavy atom. The van der Waals surface area contributed by atoms with Crippen LogP contribution in [0.1, 0.15) is 11.4 Å². The number of benzene rings is 1. The van der Waals surface area contributed by atoms with Gasteiger partial charge < -0.3 is 4.57 Å². The average Bonchev–Trinajstić information content (AvgIpc) is 2.60. The van der Waals surface area contributed by atoms with Crippen LogP contribution in [0.2, 0.25) is 0 Å². The van der Waals surface area contributed by atoms with E-state index >= 15 is 0 Å². The van der Waals surface area contributed by atoms with Gasteiger partial charge in [0, 0.05) is 23.4 Å². The van der Waals surface area contributed by atoms with Gasteiger partial charge in [0.15, 0.2) is 5.03 Å². The Kier molecular flexibility index (Phi) is 3.41. The minimum Gasteiger partial charge on any atom is -0.329 e. The molecule has 1 aromatic carbocycles. The van der Waals surface area contributed by atoms with Crippen LogP contribution in [0.5, 0.6) is 0 Å². The topological polar surface area (TPSA) is 52.0 Å². The number of rotatable bonds is 3. The summed E-state index contributed by atoms with van der Waals surface area (Å²) in [6.45, 7) is 1.99. The molecule has 0 unspecified atom stereocenters. The summed E-state index contributed by atoms with van der Waals surface area (Å²) in [7, 11) is 1.37.